The first-order chi connectivity index (χ1) is 8.84. The highest BCUT2D eigenvalue weighted by Gasteiger charge is 2.54. The fourth-order valence-corrected chi connectivity index (χ4v) is 3.80. The van der Waals surface area contributed by atoms with Gasteiger partial charge < -0.3 is 9.84 Å². The standard InChI is InChI=1S/C16H24O3/c1-11-6-5-8-15(3)9-7-13(10-16(11,15)18)12(2)14(17)19-4/h13,18H,1-2,5-10H2,3-4H3/t13-,15-,16+/m1/s1. The predicted molar refractivity (Wildman–Crippen MR) is 74.5 cm³/mol. The second kappa shape index (κ2) is 4.78. The van der Waals surface area contributed by atoms with Gasteiger partial charge in [-0.1, -0.05) is 20.1 Å². The smallest absolute Gasteiger partial charge is 0.333 e. The number of carbonyl (C=O) groups is 1. The van der Waals surface area contributed by atoms with Crippen LogP contribution in [0.3, 0.4) is 0 Å². The van der Waals surface area contributed by atoms with Gasteiger partial charge in [0.1, 0.15) is 0 Å². The van der Waals surface area contributed by atoms with Gasteiger partial charge in [0.15, 0.2) is 0 Å². The zero-order valence-corrected chi connectivity index (χ0v) is 12.0. The molecule has 2 aliphatic rings. The van der Waals surface area contributed by atoms with Crippen molar-refractivity contribution in [3.05, 3.63) is 24.3 Å². The van der Waals surface area contributed by atoms with Gasteiger partial charge in [-0.25, -0.2) is 4.79 Å². The number of esters is 1. The number of hydrogen-bond acceptors (Lipinski definition) is 3. The van der Waals surface area contributed by atoms with E-state index in [0.717, 1.165) is 37.7 Å². The van der Waals surface area contributed by atoms with Gasteiger partial charge in [-0.15, -0.1) is 0 Å². The molecule has 2 aliphatic carbocycles. The summed E-state index contributed by atoms with van der Waals surface area (Å²) < 4.78 is 4.74. The lowest BCUT2D eigenvalue weighted by atomic mass is 9.53. The molecule has 0 aromatic heterocycles. The Morgan fingerprint density at radius 3 is 2.79 bits per heavy atom. The second-order valence-electron chi connectivity index (χ2n) is 6.33. The van der Waals surface area contributed by atoms with Crippen LogP contribution >= 0.6 is 0 Å². The SMILES string of the molecule is C=C(C(=O)OC)[C@@H]1CC[C@@]2(C)CCCC(=C)[C@@]2(O)C1. The maximum Gasteiger partial charge on any atom is 0.333 e. The summed E-state index contributed by atoms with van der Waals surface area (Å²) in [6.07, 6.45) is 5.35. The third-order valence-corrected chi connectivity index (χ3v) is 5.32. The van der Waals surface area contributed by atoms with E-state index < -0.39 is 5.60 Å². The largest absolute Gasteiger partial charge is 0.466 e. The normalized spacial score (nSPS) is 38.5. The van der Waals surface area contributed by atoms with Crippen LogP contribution in [0, 0.1) is 11.3 Å². The van der Waals surface area contributed by atoms with Crippen molar-refractivity contribution in [1.29, 1.82) is 0 Å². The Hall–Kier alpha value is -1.09. The molecule has 3 heteroatoms. The molecule has 19 heavy (non-hydrogen) atoms. The van der Waals surface area contributed by atoms with Crippen LogP contribution < -0.4 is 0 Å². The molecule has 3 atom stereocenters. The van der Waals surface area contributed by atoms with E-state index in [0.29, 0.717) is 12.0 Å². The van der Waals surface area contributed by atoms with E-state index >= 15 is 0 Å². The highest BCUT2D eigenvalue weighted by atomic mass is 16.5. The summed E-state index contributed by atoms with van der Waals surface area (Å²) in [4.78, 5) is 11.6. The number of aliphatic hydroxyl groups is 1. The quantitative estimate of drug-likeness (QED) is 0.474. The van der Waals surface area contributed by atoms with Gasteiger partial charge in [0.2, 0.25) is 0 Å². The number of rotatable bonds is 2. The minimum atomic E-state index is -0.856. The Morgan fingerprint density at radius 1 is 1.47 bits per heavy atom. The average molecular weight is 264 g/mol. The van der Waals surface area contributed by atoms with E-state index in [1.165, 1.54) is 7.11 Å². The lowest BCUT2D eigenvalue weighted by molar-refractivity contribution is -0.139. The molecule has 0 radical (unpaired) electrons. The summed E-state index contributed by atoms with van der Waals surface area (Å²) in [5.74, 6) is -0.362. The Bertz CT molecular complexity index is 426. The van der Waals surface area contributed by atoms with E-state index in [1.54, 1.807) is 0 Å². The van der Waals surface area contributed by atoms with Crippen molar-refractivity contribution in [3.8, 4) is 0 Å². The molecule has 2 rings (SSSR count). The monoisotopic (exact) mass is 264 g/mol. The minimum absolute atomic E-state index is 0.000347. The van der Waals surface area contributed by atoms with Crippen LogP contribution in [0.1, 0.15) is 45.4 Å². The zero-order chi connectivity index (χ0) is 14.3. The van der Waals surface area contributed by atoms with E-state index in [1.807, 2.05) is 0 Å². The summed E-state index contributed by atoms with van der Waals surface area (Å²) in [6.45, 7) is 10.1. The van der Waals surface area contributed by atoms with Gasteiger partial charge in [0, 0.05) is 11.0 Å². The summed E-state index contributed by atoms with van der Waals surface area (Å²) in [5.41, 5.74) is 0.445. The van der Waals surface area contributed by atoms with Crippen LogP contribution in [0.15, 0.2) is 24.3 Å². The van der Waals surface area contributed by atoms with E-state index in [9.17, 15) is 9.90 Å². The minimum Gasteiger partial charge on any atom is -0.466 e. The maximum absolute atomic E-state index is 11.6. The summed E-state index contributed by atoms with van der Waals surface area (Å²) in [5, 5.41) is 11.1. The zero-order valence-electron chi connectivity index (χ0n) is 12.0. The Labute approximate surface area is 115 Å². The van der Waals surface area contributed by atoms with Crippen molar-refractivity contribution < 1.29 is 14.6 Å². The molecule has 0 aliphatic heterocycles. The van der Waals surface area contributed by atoms with Crippen molar-refractivity contribution in [2.24, 2.45) is 11.3 Å². The van der Waals surface area contributed by atoms with E-state index in [-0.39, 0.29) is 17.3 Å². The maximum atomic E-state index is 11.6. The molecule has 0 aromatic rings. The van der Waals surface area contributed by atoms with Crippen LogP contribution in [0.25, 0.3) is 0 Å². The number of carbonyl (C=O) groups excluding carboxylic acids is 1. The van der Waals surface area contributed by atoms with Gasteiger partial charge in [-0.05, 0) is 50.0 Å². The fourth-order valence-electron chi connectivity index (χ4n) is 3.80. The van der Waals surface area contributed by atoms with Crippen LogP contribution in [-0.4, -0.2) is 23.8 Å². The molecule has 3 nitrogen and oxygen atoms in total. The van der Waals surface area contributed by atoms with E-state index in [4.69, 9.17) is 4.74 Å². The summed E-state index contributed by atoms with van der Waals surface area (Å²) in [6, 6.07) is 0. The molecular weight excluding hydrogens is 240 g/mol. The van der Waals surface area contributed by atoms with Crippen molar-refractivity contribution in [3.63, 3.8) is 0 Å². The van der Waals surface area contributed by atoms with Gasteiger partial charge >= 0.3 is 5.97 Å². The molecule has 0 amide bonds. The number of ether oxygens (including phenoxy) is 1. The van der Waals surface area contributed by atoms with Gasteiger partial charge in [0.05, 0.1) is 12.7 Å². The first-order valence-corrected chi connectivity index (χ1v) is 7.02. The van der Waals surface area contributed by atoms with Crippen molar-refractivity contribution in [2.75, 3.05) is 7.11 Å². The molecule has 0 unspecified atom stereocenters. The topological polar surface area (TPSA) is 46.5 Å². The molecule has 2 saturated carbocycles. The number of methoxy groups -OCH3 is 1. The second-order valence-corrected chi connectivity index (χ2v) is 6.33. The molecule has 0 spiro atoms. The van der Waals surface area contributed by atoms with Gasteiger partial charge in [0.25, 0.3) is 0 Å². The van der Waals surface area contributed by atoms with Crippen LogP contribution in [0.4, 0.5) is 0 Å². The average Bonchev–Trinajstić information content (AvgIpc) is 2.39. The fraction of sp³-hybridized carbons (Fsp3) is 0.688. The van der Waals surface area contributed by atoms with Gasteiger partial charge in [-0.2, -0.15) is 0 Å². The van der Waals surface area contributed by atoms with E-state index in [2.05, 4.69) is 20.1 Å². The Morgan fingerprint density at radius 2 is 2.16 bits per heavy atom. The third-order valence-electron chi connectivity index (χ3n) is 5.32. The number of fused-ring (bicyclic) bond motifs is 1. The molecular formula is C16H24O3. The van der Waals surface area contributed by atoms with Crippen molar-refractivity contribution >= 4 is 5.97 Å². The molecule has 0 heterocycles. The summed E-state index contributed by atoms with van der Waals surface area (Å²) in [7, 11) is 1.37. The van der Waals surface area contributed by atoms with Crippen molar-refractivity contribution in [1.82, 2.24) is 0 Å². The molecule has 106 valence electrons. The van der Waals surface area contributed by atoms with Crippen LogP contribution in [0.5, 0.6) is 0 Å². The lowest BCUT2D eigenvalue weighted by Crippen LogP contribution is -2.54. The molecule has 0 bridgehead atoms. The van der Waals surface area contributed by atoms with Crippen LogP contribution in [-0.2, 0) is 9.53 Å². The highest BCUT2D eigenvalue weighted by molar-refractivity contribution is 5.88. The molecule has 0 aromatic carbocycles. The first-order valence-electron chi connectivity index (χ1n) is 7.02. The first kappa shape index (κ1) is 14.3. The Kier molecular flexibility index (Phi) is 3.61. The molecule has 2 fully saturated rings. The van der Waals surface area contributed by atoms with Gasteiger partial charge in [-0.3, -0.25) is 0 Å². The highest BCUT2D eigenvalue weighted by Crippen LogP contribution is 2.56. The lowest BCUT2D eigenvalue weighted by Gasteiger charge is -2.55. The third kappa shape index (κ3) is 2.14. The predicted octanol–water partition coefficient (Wildman–Crippen LogP) is 2.99. The molecule has 1 N–H and O–H groups in total. The molecule has 0 saturated heterocycles. The number of hydrogen-bond donors (Lipinski definition) is 1. The Balaban J connectivity index is 2.23. The van der Waals surface area contributed by atoms with Crippen LogP contribution in [0.2, 0.25) is 0 Å². The summed E-state index contributed by atoms with van der Waals surface area (Å²) >= 11 is 0. The van der Waals surface area contributed by atoms with Crippen molar-refractivity contribution in [2.45, 2.75) is 51.0 Å².